The molecule has 0 saturated carbocycles. The zero-order valence-corrected chi connectivity index (χ0v) is 47.6. The van der Waals surface area contributed by atoms with Crippen molar-refractivity contribution in [1.82, 2.24) is 47.9 Å². The number of aromatic hydroxyl groups is 1. The highest BCUT2D eigenvalue weighted by molar-refractivity contribution is 7.80. The number of rotatable bonds is 34. The van der Waals surface area contributed by atoms with Crippen LogP contribution in [0.15, 0.2) is 29.3 Å². The fraction of sp³-hybridized carbons (Fsp3) is 0.667. The fourth-order valence-electron chi connectivity index (χ4n) is 7.63. The molecule has 0 unspecified atom stereocenters. The number of amides is 9. The van der Waals surface area contributed by atoms with Crippen LogP contribution in [0.3, 0.4) is 0 Å². The van der Waals surface area contributed by atoms with Gasteiger partial charge in [-0.25, -0.2) is 4.79 Å². The molecule has 0 aliphatic heterocycles. The topological polar surface area (TPSA) is 430 Å². The van der Waals surface area contributed by atoms with Crippen molar-refractivity contribution in [2.75, 3.05) is 18.9 Å². The number of hydrogen-bond donors (Lipinski definition) is 16. The normalized spacial score (nSPS) is 15.2. The molecule has 0 aliphatic carbocycles. The summed E-state index contributed by atoms with van der Waals surface area (Å²) in [5.41, 5.74) is 17.2. The number of carbonyl (C=O) groups excluding carboxylic acids is 9. The molecule has 0 radical (unpaired) electrons. The maximum absolute atomic E-state index is 14.1. The number of benzene rings is 1. The van der Waals surface area contributed by atoms with Gasteiger partial charge in [-0.2, -0.15) is 12.6 Å². The van der Waals surface area contributed by atoms with Gasteiger partial charge in [-0.3, -0.25) is 48.1 Å². The van der Waals surface area contributed by atoms with Crippen LogP contribution in [0.5, 0.6) is 5.75 Å². The minimum absolute atomic E-state index is 0.0314. The molecule has 0 saturated heterocycles. The van der Waals surface area contributed by atoms with Gasteiger partial charge >= 0.3 is 5.97 Å². The molecular weight excluding hydrogens is 1030 g/mol. The van der Waals surface area contributed by atoms with Gasteiger partial charge in [0.1, 0.15) is 60.1 Å². The third-order valence-electron chi connectivity index (χ3n) is 12.1. The highest BCUT2D eigenvalue weighted by Gasteiger charge is 2.37. The number of aliphatic hydroxyl groups excluding tert-OH is 1. The van der Waals surface area contributed by atoms with Crippen molar-refractivity contribution in [2.24, 2.45) is 51.8 Å². The summed E-state index contributed by atoms with van der Waals surface area (Å²) in [5, 5.41) is 53.0. The second-order valence-corrected chi connectivity index (χ2v) is 21.5. The second-order valence-electron chi connectivity index (χ2n) is 21.1. The van der Waals surface area contributed by atoms with Crippen LogP contribution in [0, 0.1) is 29.6 Å². The third-order valence-corrected chi connectivity index (χ3v) is 12.5. The standard InChI is InChI=1S/C51H87N13O13S/c1-24(2)19-34(58-41(67)29(11)56-47(73)38(26(5)6)62-42(68)32(52)23-78)44(70)59-35(20-25(3)4)45(71)61-37(22-65)46(72)64-39(27(7)8)48(74)57-33(13-12-18-55-51(53)54)43(69)63-40(28(9)10)49(75)60-36(50(76)77)21-30-14-16-31(66)17-15-30/h14-17,24-29,32-40,65-66,78H,12-13,18-23,52H2,1-11H3,(H,56,73)(H,57,74)(H,58,67)(H,59,70)(H,60,75)(H,61,71)(H,62,68)(H,63,69)(H,64,72)(H,76,77)(H4,53,54,55)/t29-,32-,33-,34-,35-,36-,37-,38-,39-,40-/m0/s1. The fourth-order valence-corrected chi connectivity index (χ4v) is 7.79. The molecule has 0 aliphatic rings. The van der Waals surface area contributed by atoms with E-state index in [9.17, 15) is 63.3 Å². The summed E-state index contributed by atoms with van der Waals surface area (Å²) in [6.45, 7) is 17.4. The molecule has 0 aromatic heterocycles. The number of nitrogens with zero attached hydrogens (tertiary/aromatic N) is 1. The molecule has 27 heteroatoms. The number of thiol groups is 1. The summed E-state index contributed by atoms with van der Waals surface area (Å²) >= 11 is 4.02. The minimum atomic E-state index is -1.67. The van der Waals surface area contributed by atoms with Crippen LogP contribution >= 0.6 is 12.6 Å². The molecule has 18 N–H and O–H groups in total. The minimum Gasteiger partial charge on any atom is -0.508 e. The highest BCUT2D eigenvalue weighted by atomic mass is 32.1. The van der Waals surface area contributed by atoms with Crippen molar-refractivity contribution in [2.45, 2.75) is 169 Å². The highest BCUT2D eigenvalue weighted by Crippen LogP contribution is 2.15. The molecule has 0 spiro atoms. The number of carbonyl (C=O) groups is 10. The molecule has 440 valence electrons. The number of hydrogen-bond acceptors (Lipinski definition) is 15. The SMILES string of the molecule is CC(C)C[C@H](NC(=O)[C@H](C)NC(=O)[C@@H](NC(=O)[C@@H](N)CS)C(C)C)C(=O)N[C@@H](CC(C)C)C(=O)N[C@@H](CO)C(=O)N[C@H](C(=O)N[C@@H](CCCN=C(N)N)C(=O)N[C@H](C(=O)N[C@@H](Cc1ccc(O)cc1)C(=O)O)C(C)C)C(C)C. The van der Waals surface area contributed by atoms with E-state index in [0.29, 0.717) is 5.56 Å². The lowest BCUT2D eigenvalue weighted by molar-refractivity contribution is -0.142. The first-order chi connectivity index (χ1) is 36.3. The van der Waals surface area contributed by atoms with E-state index in [-0.39, 0.29) is 67.9 Å². The molecule has 1 aromatic rings. The van der Waals surface area contributed by atoms with Crippen LogP contribution in [-0.2, 0) is 54.4 Å². The van der Waals surface area contributed by atoms with Gasteiger partial charge in [0.15, 0.2) is 5.96 Å². The second kappa shape index (κ2) is 34.2. The van der Waals surface area contributed by atoms with Gasteiger partial charge in [0.25, 0.3) is 0 Å². The number of nitrogens with two attached hydrogens (primary N) is 3. The molecule has 26 nitrogen and oxygen atoms in total. The molecule has 78 heavy (non-hydrogen) atoms. The molecule has 9 amide bonds. The Balaban J connectivity index is 3.33. The van der Waals surface area contributed by atoms with Gasteiger partial charge in [-0.05, 0) is 79.9 Å². The Hall–Kier alpha value is -6.74. The van der Waals surface area contributed by atoms with Crippen molar-refractivity contribution in [3.63, 3.8) is 0 Å². The Bertz CT molecular complexity index is 2210. The lowest BCUT2D eigenvalue weighted by atomic mass is 9.99. The molecule has 0 fully saturated rings. The van der Waals surface area contributed by atoms with Gasteiger partial charge < -0.3 is 80.4 Å². The van der Waals surface area contributed by atoms with Gasteiger partial charge in [0, 0.05) is 18.7 Å². The lowest BCUT2D eigenvalue weighted by Crippen LogP contribution is -2.62. The van der Waals surface area contributed by atoms with E-state index in [1.807, 2.05) is 0 Å². The maximum atomic E-state index is 14.1. The predicted molar refractivity (Wildman–Crippen MR) is 295 cm³/mol. The van der Waals surface area contributed by atoms with Crippen molar-refractivity contribution >= 4 is 77.7 Å². The Labute approximate surface area is 462 Å². The Kier molecular flexibility index (Phi) is 30.4. The van der Waals surface area contributed by atoms with E-state index in [1.54, 1.807) is 69.2 Å². The number of aliphatic carboxylic acids is 1. The van der Waals surface area contributed by atoms with E-state index >= 15 is 0 Å². The smallest absolute Gasteiger partial charge is 0.326 e. The number of carboxylic acid groups (broad SMARTS) is 1. The van der Waals surface area contributed by atoms with E-state index in [2.05, 4.69) is 65.5 Å². The third kappa shape index (κ3) is 24.7. The Morgan fingerprint density at radius 1 is 0.526 bits per heavy atom. The first-order valence-electron chi connectivity index (χ1n) is 26.1. The average molecular weight is 1120 g/mol. The van der Waals surface area contributed by atoms with Crippen LogP contribution < -0.4 is 65.1 Å². The van der Waals surface area contributed by atoms with Crippen LogP contribution in [0.1, 0.15) is 107 Å². The molecule has 0 bridgehead atoms. The number of nitrogens with one attached hydrogen (secondary N) is 9. The molecule has 10 atom stereocenters. The van der Waals surface area contributed by atoms with Crippen molar-refractivity contribution in [3.05, 3.63) is 29.8 Å². The van der Waals surface area contributed by atoms with Crippen molar-refractivity contribution in [1.29, 1.82) is 0 Å². The van der Waals surface area contributed by atoms with Crippen LogP contribution in [-0.4, -0.2) is 160 Å². The van der Waals surface area contributed by atoms with Crippen LogP contribution in [0.2, 0.25) is 0 Å². The van der Waals surface area contributed by atoms with E-state index in [1.165, 1.54) is 31.2 Å². The first kappa shape index (κ1) is 69.3. The Morgan fingerprint density at radius 2 is 0.910 bits per heavy atom. The summed E-state index contributed by atoms with van der Waals surface area (Å²) in [6, 6.07) is -7.16. The molecule has 1 aromatic carbocycles. The van der Waals surface area contributed by atoms with E-state index in [0.717, 1.165) is 0 Å². The first-order valence-corrected chi connectivity index (χ1v) is 26.7. The van der Waals surface area contributed by atoms with E-state index < -0.39 is 144 Å². The molecular formula is C51H87N13O13S. The summed E-state index contributed by atoms with van der Waals surface area (Å²) in [7, 11) is 0. The van der Waals surface area contributed by atoms with Crippen molar-refractivity contribution < 1.29 is 63.3 Å². The summed E-state index contributed by atoms with van der Waals surface area (Å²) in [6.07, 6.45) is 0.0496. The number of phenolic OH excluding ortho intramolecular Hbond substituents is 1. The predicted octanol–water partition coefficient (Wildman–Crippen LogP) is -2.23. The monoisotopic (exact) mass is 1120 g/mol. The number of aliphatic hydroxyl groups is 1. The number of aliphatic imine (C=N–C) groups is 1. The van der Waals surface area contributed by atoms with Gasteiger partial charge in [0.05, 0.1) is 12.6 Å². The molecule has 1 rings (SSSR count). The number of guanidine groups is 1. The van der Waals surface area contributed by atoms with Crippen LogP contribution in [0.4, 0.5) is 0 Å². The molecule has 0 heterocycles. The van der Waals surface area contributed by atoms with Crippen molar-refractivity contribution in [3.8, 4) is 5.75 Å². The zero-order valence-electron chi connectivity index (χ0n) is 46.7. The van der Waals surface area contributed by atoms with Gasteiger partial charge in [-0.15, -0.1) is 0 Å². The zero-order chi connectivity index (χ0) is 59.7. The number of carboxylic acids is 1. The largest absolute Gasteiger partial charge is 0.508 e. The number of phenols is 1. The maximum Gasteiger partial charge on any atom is 0.326 e. The summed E-state index contributed by atoms with van der Waals surface area (Å²) in [5.74, 6) is -10.8. The summed E-state index contributed by atoms with van der Waals surface area (Å²) < 4.78 is 0. The van der Waals surface area contributed by atoms with E-state index in [4.69, 9.17) is 17.2 Å². The quantitative estimate of drug-likeness (QED) is 0.0150. The van der Waals surface area contributed by atoms with Gasteiger partial charge in [0.2, 0.25) is 53.2 Å². The van der Waals surface area contributed by atoms with Crippen LogP contribution in [0.25, 0.3) is 0 Å². The summed E-state index contributed by atoms with van der Waals surface area (Å²) in [4.78, 5) is 139. The average Bonchev–Trinajstić information content (AvgIpc) is 3.34. The van der Waals surface area contributed by atoms with Gasteiger partial charge in [-0.1, -0.05) is 81.4 Å². The lowest BCUT2D eigenvalue weighted by Gasteiger charge is -2.29. The Morgan fingerprint density at radius 3 is 1.32 bits per heavy atom.